The molecular weight excluding hydrogens is 309 g/mol. The van der Waals surface area contributed by atoms with E-state index in [1.165, 1.54) is 6.07 Å². The summed E-state index contributed by atoms with van der Waals surface area (Å²) in [5.41, 5.74) is 3.61. The Kier molecular flexibility index (Phi) is 3.19. The Labute approximate surface area is 91.3 Å². The van der Waals surface area contributed by atoms with E-state index in [-0.39, 0.29) is 9.39 Å². The molecule has 3 N–H and O–H groups in total. The summed E-state index contributed by atoms with van der Waals surface area (Å²) in [6.45, 7) is 0. The number of carboxylic acid groups (broad SMARTS) is 1. The van der Waals surface area contributed by atoms with E-state index in [0.717, 1.165) is 0 Å². The first-order valence-electron chi connectivity index (χ1n) is 3.41. The van der Waals surface area contributed by atoms with Crippen LogP contribution in [0.5, 0.6) is 0 Å². The van der Waals surface area contributed by atoms with Crippen LogP contribution in [0, 0.1) is 3.70 Å². The van der Waals surface area contributed by atoms with Gasteiger partial charge in [0.2, 0.25) is 0 Å². The Morgan fingerprint density at radius 3 is 2.64 bits per heavy atom. The molecule has 0 bridgehead atoms. The molecule has 7 heteroatoms. The summed E-state index contributed by atoms with van der Waals surface area (Å²) in [5, 5.41) is 8.61. The van der Waals surface area contributed by atoms with Crippen LogP contribution in [0.25, 0.3) is 0 Å². The van der Waals surface area contributed by atoms with Crippen molar-refractivity contribution < 1.29 is 18.7 Å². The van der Waals surface area contributed by atoms with Crippen molar-refractivity contribution in [1.82, 2.24) is 4.98 Å². The predicted molar refractivity (Wildman–Crippen MR) is 53.3 cm³/mol. The molecule has 0 unspecified atom stereocenters. The van der Waals surface area contributed by atoms with Crippen LogP contribution < -0.4 is 5.73 Å². The largest absolute Gasteiger partial charge is 0.476 e. The van der Waals surface area contributed by atoms with Crippen LogP contribution in [0.2, 0.25) is 0 Å². The molecule has 0 aliphatic rings. The third-order valence-corrected chi connectivity index (χ3v) is 2.03. The van der Waals surface area contributed by atoms with Crippen molar-refractivity contribution in [2.24, 2.45) is 0 Å². The van der Waals surface area contributed by atoms with Gasteiger partial charge in [0, 0.05) is 5.69 Å². The molecule has 14 heavy (non-hydrogen) atoms. The maximum Gasteiger partial charge on any atom is 0.355 e. The number of halogens is 3. The number of alkyl halides is 2. The summed E-state index contributed by atoms with van der Waals surface area (Å²) in [5.74, 6) is -1.51. The number of hydrogen-bond donors (Lipinski definition) is 2. The van der Waals surface area contributed by atoms with Gasteiger partial charge in [-0.2, -0.15) is 0 Å². The number of nitrogens with two attached hydrogens (primary N) is 1. The van der Waals surface area contributed by atoms with Crippen molar-refractivity contribution in [3.05, 3.63) is 21.0 Å². The quantitative estimate of drug-likeness (QED) is 0.646. The van der Waals surface area contributed by atoms with Crippen molar-refractivity contribution in [2.75, 3.05) is 5.73 Å². The van der Waals surface area contributed by atoms with E-state index >= 15 is 0 Å². The Morgan fingerprint density at radius 2 is 2.21 bits per heavy atom. The Balaban J connectivity index is 3.44. The molecule has 0 radical (unpaired) electrons. The molecule has 1 heterocycles. The second kappa shape index (κ2) is 4.03. The Morgan fingerprint density at radius 1 is 1.64 bits per heavy atom. The van der Waals surface area contributed by atoms with Crippen LogP contribution in [0.1, 0.15) is 22.5 Å². The third-order valence-electron chi connectivity index (χ3n) is 1.48. The van der Waals surface area contributed by atoms with Crippen LogP contribution in [0.15, 0.2) is 6.07 Å². The standard InChI is InChI=1S/C7H5F2IN2O2/c8-6(9)4-2(11)1-3(10)12-5(4)7(13)14/h1,6H,(H2,11,12)(H,13,14). The maximum atomic E-state index is 12.4. The van der Waals surface area contributed by atoms with Gasteiger partial charge in [0.25, 0.3) is 6.43 Å². The normalized spacial score (nSPS) is 10.6. The number of aromatic carboxylic acids is 1. The van der Waals surface area contributed by atoms with Gasteiger partial charge in [-0.15, -0.1) is 0 Å². The monoisotopic (exact) mass is 314 g/mol. The minimum Gasteiger partial charge on any atom is -0.476 e. The zero-order valence-corrected chi connectivity index (χ0v) is 8.83. The lowest BCUT2D eigenvalue weighted by Gasteiger charge is -2.07. The van der Waals surface area contributed by atoms with Gasteiger partial charge in [-0.1, -0.05) is 0 Å². The average molecular weight is 314 g/mol. The molecule has 1 rings (SSSR count). The first kappa shape index (κ1) is 11.1. The number of carboxylic acids is 1. The van der Waals surface area contributed by atoms with Crippen molar-refractivity contribution in [3.8, 4) is 0 Å². The highest BCUT2D eigenvalue weighted by Gasteiger charge is 2.23. The molecule has 0 aliphatic heterocycles. The van der Waals surface area contributed by atoms with Crippen molar-refractivity contribution in [2.45, 2.75) is 6.43 Å². The first-order valence-corrected chi connectivity index (χ1v) is 4.48. The van der Waals surface area contributed by atoms with Crippen LogP contribution in [-0.2, 0) is 0 Å². The summed E-state index contributed by atoms with van der Waals surface area (Å²) in [6.07, 6.45) is -2.94. The molecule has 0 fully saturated rings. The highest BCUT2D eigenvalue weighted by molar-refractivity contribution is 14.1. The fourth-order valence-corrected chi connectivity index (χ4v) is 1.51. The second-order valence-electron chi connectivity index (χ2n) is 2.40. The number of hydrogen-bond acceptors (Lipinski definition) is 3. The number of pyridine rings is 1. The Bertz CT molecular complexity index is 384. The molecule has 1 aromatic rings. The van der Waals surface area contributed by atoms with E-state index in [2.05, 4.69) is 4.98 Å². The topological polar surface area (TPSA) is 76.2 Å². The zero-order valence-electron chi connectivity index (χ0n) is 6.67. The number of anilines is 1. The number of nitrogens with zero attached hydrogens (tertiary/aromatic N) is 1. The van der Waals surface area contributed by atoms with Gasteiger partial charge in [-0.25, -0.2) is 18.6 Å². The molecule has 76 valence electrons. The summed E-state index contributed by atoms with van der Waals surface area (Å²) < 4.78 is 25.1. The maximum absolute atomic E-state index is 12.4. The molecular formula is C7H5F2IN2O2. The molecule has 0 saturated carbocycles. The Hall–Kier alpha value is -0.990. The lowest BCUT2D eigenvalue weighted by atomic mass is 10.1. The minimum absolute atomic E-state index is 0.253. The van der Waals surface area contributed by atoms with Gasteiger partial charge in [0.05, 0.1) is 5.56 Å². The highest BCUT2D eigenvalue weighted by Crippen LogP contribution is 2.28. The van der Waals surface area contributed by atoms with E-state index in [4.69, 9.17) is 10.8 Å². The average Bonchev–Trinajstić information content (AvgIpc) is 2.01. The summed E-state index contributed by atoms with van der Waals surface area (Å²) in [7, 11) is 0. The van der Waals surface area contributed by atoms with E-state index in [9.17, 15) is 13.6 Å². The van der Waals surface area contributed by atoms with Crippen molar-refractivity contribution in [3.63, 3.8) is 0 Å². The van der Waals surface area contributed by atoms with Gasteiger partial charge in [0.1, 0.15) is 3.70 Å². The number of aromatic nitrogens is 1. The third kappa shape index (κ3) is 2.08. The molecule has 0 saturated heterocycles. The molecule has 1 aromatic heterocycles. The summed E-state index contributed by atoms with van der Waals surface area (Å²) in [6, 6.07) is 1.20. The van der Waals surface area contributed by atoms with Gasteiger partial charge >= 0.3 is 5.97 Å². The molecule has 0 aromatic carbocycles. The molecule has 0 spiro atoms. The van der Waals surface area contributed by atoms with Gasteiger partial charge in [-0.3, -0.25) is 0 Å². The molecule has 4 nitrogen and oxygen atoms in total. The van der Waals surface area contributed by atoms with Crippen LogP contribution in [0.3, 0.4) is 0 Å². The van der Waals surface area contributed by atoms with E-state index in [0.29, 0.717) is 0 Å². The van der Waals surface area contributed by atoms with Gasteiger partial charge in [0.15, 0.2) is 5.69 Å². The number of rotatable bonds is 2. The first-order chi connectivity index (χ1) is 6.43. The number of nitrogen functional groups attached to an aromatic ring is 1. The molecule has 0 atom stereocenters. The number of carbonyl (C=O) groups is 1. The lowest BCUT2D eigenvalue weighted by Crippen LogP contribution is -2.10. The van der Waals surface area contributed by atoms with E-state index in [1.54, 1.807) is 22.6 Å². The van der Waals surface area contributed by atoms with E-state index < -0.39 is 23.7 Å². The lowest BCUT2D eigenvalue weighted by molar-refractivity contribution is 0.0677. The highest BCUT2D eigenvalue weighted by atomic mass is 127. The SMILES string of the molecule is Nc1cc(I)nc(C(=O)O)c1C(F)F. The summed E-state index contributed by atoms with van der Waals surface area (Å²) in [4.78, 5) is 14.1. The smallest absolute Gasteiger partial charge is 0.355 e. The van der Waals surface area contributed by atoms with Crippen LogP contribution in [0.4, 0.5) is 14.5 Å². The fraction of sp³-hybridized carbons (Fsp3) is 0.143. The predicted octanol–water partition coefficient (Wildman–Crippen LogP) is 1.90. The van der Waals surface area contributed by atoms with Gasteiger partial charge < -0.3 is 10.8 Å². The molecule has 0 amide bonds. The second-order valence-corrected chi connectivity index (χ2v) is 3.51. The van der Waals surface area contributed by atoms with E-state index in [1.807, 2.05) is 0 Å². The summed E-state index contributed by atoms with van der Waals surface area (Å²) >= 11 is 1.71. The van der Waals surface area contributed by atoms with Crippen molar-refractivity contribution >= 4 is 34.2 Å². The van der Waals surface area contributed by atoms with Gasteiger partial charge in [-0.05, 0) is 28.7 Å². The fourth-order valence-electron chi connectivity index (χ4n) is 0.934. The van der Waals surface area contributed by atoms with Crippen LogP contribution >= 0.6 is 22.6 Å². The minimum atomic E-state index is -2.94. The zero-order chi connectivity index (χ0) is 10.9. The van der Waals surface area contributed by atoms with Crippen LogP contribution in [-0.4, -0.2) is 16.1 Å². The molecule has 0 aliphatic carbocycles. The van der Waals surface area contributed by atoms with Crippen molar-refractivity contribution in [1.29, 1.82) is 0 Å².